The third kappa shape index (κ3) is 5.50. The van der Waals surface area contributed by atoms with E-state index in [1.54, 1.807) is 0 Å². The standard InChI is InChI=1S/C13H24N2O/c1-3-7-14-8-10-15-9-5-6-13(12-15)16-11-4-2/h1,13-14H,4-12H2,2H3. The van der Waals surface area contributed by atoms with Crippen LogP contribution in [0.4, 0.5) is 0 Å². The molecule has 0 spiro atoms. The van der Waals surface area contributed by atoms with Crippen molar-refractivity contribution in [2.24, 2.45) is 0 Å². The van der Waals surface area contributed by atoms with Crippen molar-refractivity contribution >= 4 is 0 Å². The van der Waals surface area contributed by atoms with E-state index in [-0.39, 0.29) is 0 Å². The van der Waals surface area contributed by atoms with Gasteiger partial charge in [0, 0.05) is 26.2 Å². The van der Waals surface area contributed by atoms with Crippen LogP contribution in [-0.2, 0) is 4.74 Å². The Labute approximate surface area is 99.5 Å². The lowest BCUT2D eigenvalue weighted by Gasteiger charge is -2.32. The maximum atomic E-state index is 5.80. The van der Waals surface area contributed by atoms with Gasteiger partial charge in [0.1, 0.15) is 0 Å². The van der Waals surface area contributed by atoms with Crippen LogP contribution >= 0.6 is 0 Å². The van der Waals surface area contributed by atoms with E-state index in [1.165, 1.54) is 19.4 Å². The number of rotatable bonds is 7. The zero-order valence-corrected chi connectivity index (χ0v) is 10.4. The summed E-state index contributed by atoms with van der Waals surface area (Å²) in [5.41, 5.74) is 0. The van der Waals surface area contributed by atoms with Crippen LogP contribution in [0.1, 0.15) is 26.2 Å². The first kappa shape index (κ1) is 13.5. The number of nitrogens with zero attached hydrogens (tertiary/aromatic N) is 1. The maximum absolute atomic E-state index is 5.80. The quantitative estimate of drug-likeness (QED) is 0.518. The molecule has 92 valence electrons. The van der Waals surface area contributed by atoms with Gasteiger partial charge in [-0.05, 0) is 25.8 Å². The van der Waals surface area contributed by atoms with Crippen molar-refractivity contribution in [1.82, 2.24) is 10.2 Å². The van der Waals surface area contributed by atoms with E-state index in [2.05, 4.69) is 23.1 Å². The van der Waals surface area contributed by atoms with Crippen molar-refractivity contribution in [1.29, 1.82) is 0 Å². The van der Waals surface area contributed by atoms with Gasteiger partial charge in [-0.2, -0.15) is 0 Å². The predicted molar refractivity (Wildman–Crippen MR) is 67.4 cm³/mol. The Morgan fingerprint density at radius 1 is 1.56 bits per heavy atom. The van der Waals surface area contributed by atoms with Gasteiger partial charge in [-0.1, -0.05) is 12.8 Å². The number of nitrogens with one attached hydrogen (secondary N) is 1. The number of hydrogen-bond donors (Lipinski definition) is 1. The van der Waals surface area contributed by atoms with Gasteiger partial charge in [0.15, 0.2) is 0 Å². The van der Waals surface area contributed by atoms with E-state index in [1.807, 2.05) is 0 Å². The molecule has 16 heavy (non-hydrogen) atoms. The lowest BCUT2D eigenvalue weighted by molar-refractivity contribution is 0.000431. The Kier molecular flexibility index (Phi) is 7.24. The maximum Gasteiger partial charge on any atom is 0.0702 e. The highest BCUT2D eigenvalue weighted by atomic mass is 16.5. The van der Waals surface area contributed by atoms with E-state index >= 15 is 0 Å². The summed E-state index contributed by atoms with van der Waals surface area (Å²) in [7, 11) is 0. The fourth-order valence-electron chi connectivity index (χ4n) is 2.03. The van der Waals surface area contributed by atoms with Crippen LogP contribution in [0.15, 0.2) is 0 Å². The molecule has 0 saturated carbocycles. The predicted octanol–water partition coefficient (Wildman–Crippen LogP) is 1.10. The zero-order chi connectivity index (χ0) is 11.6. The molecule has 1 unspecified atom stereocenters. The Morgan fingerprint density at radius 3 is 3.19 bits per heavy atom. The summed E-state index contributed by atoms with van der Waals surface area (Å²) in [6.45, 7) is 8.06. The van der Waals surface area contributed by atoms with Crippen LogP contribution in [0, 0.1) is 12.3 Å². The average Bonchev–Trinajstić information content (AvgIpc) is 2.33. The molecule has 3 nitrogen and oxygen atoms in total. The highest BCUT2D eigenvalue weighted by Crippen LogP contribution is 2.12. The summed E-state index contributed by atoms with van der Waals surface area (Å²) in [6, 6.07) is 0. The first-order chi connectivity index (χ1) is 7.86. The second-order valence-electron chi connectivity index (χ2n) is 4.32. The van der Waals surface area contributed by atoms with Crippen molar-refractivity contribution in [3.63, 3.8) is 0 Å². The Morgan fingerprint density at radius 2 is 2.44 bits per heavy atom. The lowest BCUT2D eigenvalue weighted by Crippen LogP contribution is -2.42. The molecule has 0 aromatic rings. The van der Waals surface area contributed by atoms with Crippen LogP contribution in [0.25, 0.3) is 0 Å². The third-order valence-electron chi connectivity index (χ3n) is 2.85. The molecular formula is C13H24N2O. The van der Waals surface area contributed by atoms with Gasteiger partial charge in [-0.25, -0.2) is 0 Å². The minimum absolute atomic E-state index is 0.446. The molecule has 1 heterocycles. The highest BCUT2D eigenvalue weighted by Gasteiger charge is 2.19. The molecule has 1 atom stereocenters. The van der Waals surface area contributed by atoms with Gasteiger partial charge < -0.3 is 10.1 Å². The van der Waals surface area contributed by atoms with Crippen LogP contribution in [0.2, 0.25) is 0 Å². The molecule has 1 rings (SSSR count). The summed E-state index contributed by atoms with van der Waals surface area (Å²) < 4.78 is 5.80. The molecule has 1 aliphatic rings. The van der Waals surface area contributed by atoms with E-state index in [9.17, 15) is 0 Å². The Bertz CT molecular complexity index is 212. The van der Waals surface area contributed by atoms with E-state index in [4.69, 9.17) is 11.2 Å². The number of terminal acetylenes is 1. The molecule has 0 aromatic carbocycles. The number of hydrogen-bond acceptors (Lipinski definition) is 3. The van der Waals surface area contributed by atoms with Crippen LogP contribution in [0.5, 0.6) is 0 Å². The van der Waals surface area contributed by atoms with Crippen molar-refractivity contribution in [3.05, 3.63) is 0 Å². The molecular weight excluding hydrogens is 200 g/mol. The van der Waals surface area contributed by atoms with Gasteiger partial charge in [-0.3, -0.25) is 4.90 Å². The largest absolute Gasteiger partial charge is 0.377 e. The van der Waals surface area contributed by atoms with Crippen LogP contribution < -0.4 is 5.32 Å². The molecule has 0 radical (unpaired) electrons. The normalized spacial score (nSPS) is 21.9. The molecule has 0 amide bonds. The number of likely N-dealkylation sites (tertiary alicyclic amines) is 1. The Balaban J connectivity index is 2.10. The van der Waals surface area contributed by atoms with Gasteiger partial charge in [0.2, 0.25) is 0 Å². The zero-order valence-electron chi connectivity index (χ0n) is 10.4. The molecule has 3 heteroatoms. The van der Waals surface area contributed by atoms with Crippen molar-refractivity contribution < 1.29 is 4.74 Å². The van der Waals surface area contributed by atoms with Crippen molar-refractivity contribution in [3.8, 4) is 12.3 Å². The SMILES string of the molecule is C#CCNCCN1CCCC(OCCC)C1. The summed E-state index contributed by atoms with van der Waals surface area (Å²) in [5.74, 6) is 2.59. The summed E-state index contributed by atoms with van der Waals surface area (Å²) in [6.07, 6.45) is 9.21. The van der Waals surface area contributed by atoms with Gasteiger partial charge in [-0.15, -0.1) is 6.42 Å². The number of piperidine rings is 1. The van der Waals surface area contributed by atoms with Gasteiger partial charge >= 0.3 is 0 Å². The summed E-state index contributed by atoms with van der Waals surface area (Å²) in [5, 5.41) is 3.22. The molecule has 0 aromatic heterocycles. The van der Waals surface area contributed by atoms with Gasteiger partial charge in [0.05, 0.1) is 12.6 Å². The van der Waals surface area contributed by atoms with E-state index in [0.717, 1.165) is 32.7 Å². The summed E-state index contributed by atoms with van der Waals surface area (Å²) in [4.78, 5) is 2.47. The first-order valence-corrected chi connectivity index (χ1v) is 6.35. The van der Waals surface area contributed by atoms with E-state index < -0.39 is 0 Å². The smallest absolute Gasteiger partial charge is 0.0702 e. The average molecular weight is 224 g/mol. The summed E-state index contributed by atoms with van der Waals surface area (Å²) >= 11 is 0. The molecule has 1 fully saturated rings. The monoisotopic (exact) mass is 224 g/mol. The lowest BCUT2D eigenvalue weighted by atomic mass is 10.1. The van der Waals surface area contributed by atoms with E-state index in [0.29, 0.717) is 12.6 Å². The second-order valence-corrected chi connectivity index (χ2v) is 4.32. The number of ether oxygens (including phenoxy) is 1. The molecule has 0 aliphatic carbocycles. The fourth-order valence-corrected chi connectivity index (χ4v) is 2.03. The first-order valence-electron chi connectivity index (χ1n) is 6.35. The minimum Gasteiger partial charge on any atom is -0.377 e. The molecule has 1 aliphatic heterocycles. The second kappa shape index (κ2) is 8.58. The fraction of sp³-hybridized carbons (Fsp3) is 0.846. The van der Waals surface area contributed by atoms with Crippen LogP contribution in [0.3, 0.4) is 0 Å². The topological polar surface area (TPSA) is 24.5 Å². The minimum atomic E-state index is 0.446. The third-order valence-corrected chi connectivity index (χ3v) is 2.85. The molecule has 1 saturated heterocycles. The van der Waals surface area contributed by atoms with Crippen molar-refractivity contribution in [2.75, 3.05) is 39.3 Å². The Hall–Kier alpha value is -0.560. The molecule has 1 N–H and O–H groups in total. The van der Waals surface area contributed by atoms with Crippen LogP contribution in [-0.4, -0.2) is 50.3 Å². The highest BCUT2D eigenvalue weighted by molar-refractivity contribution is 4.86. The molecule has 0 bridgehead atoms. The van der Waals surface area contributed by atoms with Gasteiger partial charge in [0.25, 0.3) is 0 Å². The van der Waals surface area contributed by atoms with Crippen molar-refractivity contribution in [2.45, 2.75) is 32.3 Å².